The van der Waals surface area contributed by atoms with Crippen LogP contribution in [-0.4, -0.2) is 26.1 Å². The van der Waals surface area contributed by atoms with Crippen LogP contribution in [0.1, 0.15) is 13.0 Å². The normalized spacial score (nSPS) is 12.9. The maximum atomic E-state index is 10.7. The highest BCUT2D eigenvalue weighted by atomic mass is 16.4. The number of hydrogen-bond donors (Lipinski definition) is 1. The molecular formula is C9H9N3O2. The maximum absolute atomic E-state index is 10.7. The predicted molar refractivity (Wildman–Crippen MR) is 49.9 cm³/mol. The van der Waals surface area contributed by atoms with Gasteiger partial charge in [0.15, 0.2) is 6.04 Å². The molecule has 0 radical (unpaired) electrons. The molecule has 0 aliphatic heterocycles. The molecule has 0 aliphatic rings. The second-order valence-corrected chi connectivity index (χ2v) is 3.02. The molecule has 0 amide bonds. The number of carbonyl (C=O) groups is 1. The van der Waals surface area contributed by atoms with E-state index in [1.807, 2.05) is 12.1 Å². The van der Waals surface area contributed by atoms with Gasteiger partial charge in [0.05, 0.1) is 0 Å². The molecule has 0 bridgehead atoms. The molecule has 0 aliphatic carbocycles. The molecule has 72 valence electrons. The summed E-state index contributed by atoms with van der Waals surface area (Å²) in [5, 5.41) is 16.9. The summed E-state index contributed by atoms with van der Waals surface area (Å²) >= 11 is 0. The van der Waals surface area contributed by atoms with Crippen LogP contribution in [0.5, 0.6) is 0 Å². The van der Waals surface area contributed by atoms with Crippen LogP contribution < -0.4 is 0 Å². The zero-order valence-electron chi connectivity index (χ0n) is 7.58. The van der Waals surface area contributed by atoms with E-state index in [0.29, 0.717) is 11.0 Å². The molecule has 1 N–H and O–H groups in total. The molecule has 2 aromatic rings. The van der Waals surface area contributed by atoms with Crippen molar-refractivity contribution in [2.45, 2.75) is 13.0 Å². The monoisotopic (exact) mass is 191 g/mol. The minimum atomic E-state index is -0.940. The van der Waals surface area contributed by atoms with Gasteiger partial charge in [-0.2, -0.15) is 15.0 Å². The Bertz CT molecular complexity index is 445. The van der Waals surface area contributed by atoms with Crippen molar-refractivity contribution < 1.29 is 9.90 Å². The quantitative estimate of drug-likeness (QED) is 0.771. The highest BCUT2D eigenvalue weighted by Crippen LogP contribution is 2.10. The molecule has 14 heavy (non-hydrogen) atoms. The molecule has 0 fully saturated rings. The average molecular weight is 191 g/mol. The van der Waals surface area contributed by atoms with Crippen LogP contribution in [-0.2, 0) is 4.79 Å². The molecule has 2 rings (SSSR count). The second-order valence-electron chi connectivity index (χ2n) is 3.02. The zero-order chi connectivity index (χ0) is 10.1. The van der Waals surface area contributed by atoms with E-state index in [4.69, 9.17) is 5.11 Å². The van der Waals surface area contributed by atoms with Gasteiger partial charge in [0.1, 0.15) is 11.0 Å². The van der Waals surface area contributed by atoms with Gasteiger partial charge in [-0.15, -0.1) is 0 Å². The lowest BCUT2D eigenvalue weighted by molar-refractivity contribution is -0.140. The molecule has 1 heterocycles. The van der Waals surface area contributed by atoms with E-state index in [1.165, 1.54) is 4.80 Å². The lowest BCUT2D eigenvalue weighted by Gasteiger charge is -2.02. The number of carboxylic acid groups (broad SMARTS) is 1. The Balaban J connectivity index is 2.50. The van der Waals surface area contributed by atoms with Crippen LogP contribution in [0.15, 0.2) is 24.3 Å². The first-order chi connectivity index (χ1) is 6.68. The molecule has 0 saturated carbocycles. The molecule has 0 spiro atoms. The molecule has 1 aromatic heterocycles. The fraction of sp³-hybridized carbons (Fsp3) is 0.222. The summed E-state index contributed by atoms with van der Waals surface area (Å²) < 4.78 is 0. The summed E-state index contributed by atoms with van der Waals surface area (Å²) in [5.41, 5.74) is 1.42. The van der Waals surface area contributed by atoms with Gasteiger partial charge in [-0.05, 0) is 19.1 Å². The Morgan fingerprint density at radius 2 is 1.86 bits per heavy atom. The number of benzene rings is 1. The third kappa shape index (κ3) is 1.32. The zero-order valence-corrected chi connectivity index (χ0v) is 7.58. The van der Waals surface area contributed by atoms with Gasteiger partial charge in [0, 0.05) is 0 Å². The highest BCUT2D eigenvalue weighted by molar-refractivity contribution is 5.75. The highest BCUT2D eigenvalue weighted by Gasteiger charge is 2.15. The first-order valence-corrected chi connectivity index (χ1v) is 4.23. The molecular weight excluding hydrogens is 182 g/mol. The van der Waals surface area contributed by atoms with Crippen molar-refractivity contribution in [3.63, 3.8) is 0 Å². The van der Waals surface area contributed by atoms with E-state index in [0.717, 1.165) is 0 Å². The lowest BCUT2D eigenvalue weighted by Crippen LogP contribution is -2.17. The van der Waals surface area contributed by atoms with E-state index < -0.39 is 12.0 Å². The molecule has 0 unspecified atom stereocenters. The van der Waals surface area contributed by atoms with Gasteiger partial charge in [-0.1, -0.05) is 12.1 Å². The van der Waals surface area contributed by atoms with Crippen LogP contribution in [0.3, 0.4) is 0 Å². The van der Waals surface area contributed by atoms with Gasteiger partial charge in [-0.3, -0.25) is 0 Å². The van der Waals surface area contributed by atoms with E-state index in [-0.39, 0.29) is 0 Å². The minimum Gasteiger partial charge on any atom is -0.480 e. The van der Waals surface area contributed by atoms with Crippen LogP contribution in [0.25, 0.3) is 11.0 Å². The number of fused-ring (bicyclic) bond motifs is 1. The Hall–Kier alpha value is -1.91. The maximum Gasteiger partial charge on any atom is 0.330 e. The fourth-order valence-corrected chi connectivity index (χ4v) is 1.15. The Labute approximate surface area is 80.0 Å². The van der Waals surface area contributed by atoms with Crippen LogP contribution in [0.4, 0.5) is 0 Å². The first-order valence-electron chi connectivity index (χ1n) is 4.23. The SMILES string of the molecule is C[C@H](C(=O)O)n1nc2ccccc2n1. The number of nitrogens with zero attached hydrogens (tertiary/aromatic N) is 3. The van der Waals surface area contributed by atoms with Crippen molar-refractivity contribution in [3.8, 4) is 0 Å². The van der Waals surface area contributed by atoms with E-state index in [1.54, 1.807) is 19.1 Å². The summed E-state index contributed by atoms with van der Waals surface area (Å²) in [4.78, 5) is 11.9. The minimum absolute atomic E-state index is 0.709. The smallest absolute Gasteiger partial charge is 0.330 e. The number of aromatic nitrogens is 3. The molecule has 5 nitrogen and oxygen atoms in total. The third-order valence-electron chi connectivity index (χ3n) is 2.01. The standard InChI is InChI=1S/C9H9N3O2/c1-6(9(13)14)12-10-7-4-2-3-5-8(7)11-12/h2-6H,1H3,(H,13,14)/t6-/m1/s1. The van der Waals surface area contributed by atoms with Crippen molar-refractivity contribution in [2.75, 3.05) is 0 Å². The number of carboxylic acids is 1. The van der Waals surface area contributed by atoms with Gasteiger partial charge in [-0.25, -0.2) is 4.79 Å². The van der Waals surface area contributed by atoms with Gasteiger partial charge in [0.2, 0.25) is 0 Å². The number of hydrogen-bond acceptors (Lipinski definition) is 3. The average Bonchev–Trinajstić information content (AvgIpc) is 2.59. The second kappa shape index (κ2) is 3.10. The summed E-state index contributed by atoms with van der Waals surface area (Å²) in [5.74, 6) is -0.940. The van der Waals surface area contributed by atoms with Gasteiger partial charge in [0.25, 0.3) is 0 Å². The van der Waals surface area contributed by atoms with Crippen molar-refractivity contribution in [3.05, 3.63) is 24.3 Å². The third-order valence-corrected chi connectivity index (χ3v) is 2.01. The molecule has 5 heteroatoms. The van der Waals surface area contributed by atoms with Gasteiger partial charge < -0.3 is 5.11 Å². The number of aliphatic carboxylic acids is 1. The summed E-state index contributed by atoms with van der Waals surface area (Å²) in [6.45, 7) is 1.54. The summed E-state index contributed by atoms with van der Waals surface area (Å²) in [6, 6.07) is 6.54. The van der Waals surface area contributed by atoms with Crippen molar-refractivity contribution >= 4 is 17.0 Å². The summed E-state index contributed by atoms with van der Waals surface area (Å²) in [7, 11) is 0. The van der Waals surface area contributed by atoms with Crippen molar-refractivity contribution in [1.29, 1.82) is 0 Å². The largest absolute Gasteiger partial charge is 0.480 e. The number of rotatable bonds is 2. The first kappa shape index (κ1) is 8.68. The summed E-state index contributed by atoms with van der Waals surface area (Å²) in [6.07, 6.45) is 0. The Kier molecular flexibility index (Phi) is 1.92. The van der Waals surface area contributed by atoms with E-state index >= 15 is 0 Å². The lowest BCUT2D eigenvalue weighted by atomic mass is 10.3. The van der Waals surface area contributed by atoms with Crippen LogP contribution in [0, 0.1) is 0 Å². The molecule has 1 aromatic carbocycles. The van der Waals surface area contributed by atoms with Crippen LogP contribution in [0.2, 0.25) is 0 Å². The van der Waals surface area contributed by atoms with Crippen molar-refractivity contribution in [1.82, 2.24) is 15.0 Å². The Morgan fingerprint density at radius 1 is 1.36 bits per heavy atom. The van der Waals surface area contributed by atoms with Crippen molar-refractivity contribution in [2.24, 2.45) is 0 Å². The Morgan fingerprint density at radius 3 is 2.29 bits per heavy atom. The van der Waals surface area contributed by atoms with Crippen LogP contribution >= 0.6 is 0 Å². The topological polar surface area (TPSA) is 68.0 Å². The molecule has 0 saturated heterocycles. The van der Waals surface area contributed by atoms with Gasteiger partial charge >= 0.3 is 5.97 Å². The predicted octanol–water partition coefficient (Wildman–Crippen LogP) is 1.08. The van der Waals surface area contributed by atoms with E-state index in [9.17, 15) is 4.79 Å². The van der Waals surface area contributed by atoms with E-state index in [2.05, 4.69) is 10.2 Å². The fourth-order valence-electron chi connectivity index (χ4n) is 1.15. The molecule has 1 atom stereocenters.